The lowest BCUT2D eigenvalue weighted by Gasteiger charge is -2.15. The van der Waals surface area contributed by atoms with E-state index in [1.165, 1.54) is 0 Å². The topological polar surface area (TPSA) is 33.7 Å². The number of methoxy groups -OCH3 is 1. The first kappa shape index (κ1) is 20.3. The number of benzene rings is 1. The summed E-state index contributed by atoms with van der Waals surface area (Å²) < 4.78 is 11.0. The summed E-state index contributed by atoms with van der Waals surface area (Å²) in [6.45, 7) is 5.39. The van der Waals surface area contributed by atoms with E-state index in [0.29, 0.717) is 23.1 Å². The molecule has 0 radical (unpaired) electrons. The molecule has 122 valence electrons. The predicted octanol–water partition coefficient (Wildman–Crippen LogP) is 3.21. The van der Waals surface area contributed by atoms with Gasteiger partial charge in [0.25, 0.3) is 0 Å². The van der Waals surface area contributed by atoms with Gasteiger partial charge in [-0.25, -0.2) is 0 Å². The van der Waals surface area contributed by atoms with Crippen molar-refractivity contribution >= 4 is 24.0 Å². The lowest BCUT2D eigenvalue weighted by Crippen LogP contribution is -2.26. The molecule has 21 heavy (non-hydrogen) atoms. The van der Waals surface area contributed by atoms with E-state index in [0.717, 1.165) is 31.6 Å². The number of ether oxygens (including phenoxy) is 2. The van der Waals surface area contributed by atoms with Crippen LogP contribution in [0.3, 0.4) is 0 Å². The number of hydrogen-bond acceptors (Lipinski definition) is 4. The Morgan fingerprint density at radius 1 is 1.29 bits per heavy atom. The molecule has 0 aliphatic heterocycles. The van der Waals surface area contributed by atoms with Crippen LogP contribution in [0.15, 0.2) is 12.1 Å². The molecule has 1 N–H and O–H groups in total. The largest absolute Gasteiger partial charge is 0.493 e. The van der Waals surface area contributed by atoms with Gasteiger partial charge in [0, 0.05) is 19.6 Å². The molecule has 0 saturated heterocycles. The van der Waals surface area contributed by atoms with Crippen LogP contribution in [0.1, 0.15) is 18.9 Å². The van der Waals surface area contributed by atoms with Crippen molar-refractivity contribution in [2.75, 3.05) is 40.9 Å². The van der Waals surface area contributed by atoms with Crippen molar-refractivity contribution in [3.05, 3.63) is 22.7 Å². The van der Waals surface area contributed by atoms with Gasteiger partial charge >= 0.3 is 0 Å². The maximum atomic E-state index is 6.27. The highest BCUT2D eigenvalue weighted by molar-refractivity contribution is 6.32. The summed E-state index contributed by atoms with van der Waals surface area (Å²) in [4.78, 5) is 2.14. The molecule has 0 unspecified atom stereocenters. The second-order valence-electron chi connectivity index (χ2n) is 4.94. The third-order valence-electron chi connectivity index (χ3n) is 2.80. The zero-order chi connectivity index (χ0) is 15.0. The SMILES string of the molecule is CCCOc1c(Cl)cc(CNCCN(C)C)cc1OC.Cl. The fraction of sp³-hybridized carbons (Fsp3) is 0.600. The fourth-order valence-electron chi connectivity index (χ4n) is 1.75. The molecule has 4 nitrogen and oxygen atoms in total. The molecule has 0 saturated carbocycles. The van der Waals surface area contributed by atoms with Gasteiger partial charge in [-0.05, 0) is 38.2 Å². The van der Waals surface area contributed by atoms with E-state index in [1.807, 2.05) is 12.1 Å². The Bertz CT molecular complexity index is 415. The molecule has 0 aliphatic carbocycles. The van der Waals surface area contributed by atoms with E-state index < -0.39 is 0 Å². The molecule has 0 bridgehead atoms. The maximum Gasteiger partial charge on any atom is 0.179 e. The highest BCUT2D eigenvalue weighted by Crippen LogP contribution is 2.36. The molecule has 1 aromatic rings. The Morgan fingerprint density at radius 2 is 2.00 bits per heavy atom. The van der Waals surface area contributed by atoms with Crippen LogP contribution in [-0.2, 0) is 6.54 Å². The summed E-state index contributed by atoms with van der Waals surface area (Å²) in [6.07, 6.45) is 0.938. The quantitative estimate of drug-likeness (QED) is 0.702. The Kier molecular flexibility index (Phi) is 10.6. The van der Waals surface area contributed by atoms with Crippen LogP contribution in [0.2, 0.25) is 5.02 Å². The van der Waals surface area contributed by atoms with E-state index in [9.17, 15) is 0 Å². The molecule has 6 heteroatoms. The summed E-state index contributed by atoms with van der Waals surface area (Å²) >= 11 is 6.27. The average Bonchev–Trinajstić information content (AvgIpc) is 2.41. The molecular weight excluding hydrogens is 311 g/mol. The average molecular weight is 337 g/mol. The number of nitrogens with zero attached hydrogens (tertiary/aromatic N) is 1. The van der Waals surface area contributed by atoms with Gasteiger partial charge in [0.1, 0.15) is 0 Å². The second-order valence-corrected chi connectivity index (χ2v) is 5.34. The standard InChI is InChI=1S/C15H25ClN2O2.ClH/c1-5-8-20-15-13(16)9-12(10-14(15)19-4)11-17-6-7-18(2)3;/h9-10,17H,5-8,11H2,1-4H3;1H. The Balaban J connectivity index is 0.00000400. The van der Waals surface area contributed by atoms with E-state index in [4.69, 9.17) is 21.1 Å². The molecule has 0 aromatic heterocycles. The zero-order valence-electron chi connectivity index (χ0n) is 13.2. The summed E-state index contributed by atoms with van der Waals surface area (Å²) in [6, 6.07) is 3.90. The minimum atomic E-state index is 0. The van der Waals surface area contributed by atoms with E-state index in [-0.39, 0.29) is 12.4 Å². The van der Waals surface area contributed by atoms with Crippen molar-refractivity contribution in [2.45, 2.75) is 19.9 Å². The van der Waals surface area contributed by atoms with Crippen LogP contribution >= 0.6 is 24.0 Å². The zero-order valence-corrected chi connectivity index (χ0v) is 14.8. The molecule has 0 aliphatic rings. The Labute approximate surface area is 139 Å². The lowest BCUT2D eigenvalue weighted by molar-refractivity contribution is 0.294. The van der Waals surface area contributed by atoms with E-state index in [2.05, 4.69) is 31.2 Å². The number of rotatable bonds is 9. The smallest absolute Gasteiger partial charge is 0.179 e. The molecular formula is C15H26Cl2N2O2. The maximum absolute atomic E-state index is 6.27. The molecule has 1 rings (SSSR count). The fourth-order valence-corrected chi connectivity index (χ4v) is 2.04. The van der Waals surface area contributed by atoms with Crippen LogP contribution in [0.4, 0.5) is 0 Å². The number of halogens is 2. The molecule has 0 heterocycles. The second kappa shape index (κ2) is 11.0. The first-order valence-corrected chi connectivity index (χ1v) is 7.31. The highest BCUT2D eigenvalue weighted by Gasteiger charge is 2.11. The van der Waals surface area contributed by atoms with Gasteiger partial charge < -0.3 is 19.7 Å². The predicted molar refractivity (Wildman–Crippen MR) is 91.3 cm³/mol. The van der Waals surface area contributed by atoms with Crippen molar-refractivity contribution in [3.8, 4) is 11.5 Å². The third kappa shape index (κ3) is 7.23. The van der Waals surface area contributed by atoms with Crippen molar-refractivity contribution < 1.29 is 9.47 Å². The number of nitrogens with one attached hydrogen (secondary N) is 1. The minimum Gasteiger partial charge on any atom is -0.493 e. The highest BCUT2D eigenvalue weighted by atomic mass is 35.5. The van der Waals surface area contributed by atoms with E-state index >= 15 is 0 Å². The van der Waals surface area contributed by atoms with Crippen LogP contribution in [0.5, 0.6) is 11.5 Å². The Hall–Kier alpha value is -0.680. The molecule has 0 fully saturated rings. The van der Waals surface area contributed by atoms with Crippen molar-refractivity contribution in [3.63, 3.8) is 0 Å². The van der Waals surface area contributed by atoms with Crippen molar-refractivity contribution in [2.24, 2.45) is 0 Å². The molecule has 1 aromatic carbocycles. The van der Waals surface area contributed by atoms with Gasteiger partial charge in [-0.3, -0.25) is 0 Å². The summed E-state index contributed by atoms with van der Waals surface area (Å²) in [5.41, 5.74) is 1.09. The van der Waals surface area contributed by atoms with Gasteiger partial charge in [0.05, 0.1) is 18.7 Å². The number of likely N-dealkylation sites (N-methyl/N-ethyl adjacent to an activating group) is 1. The van der Waals surface area contributed by atoms with Gasteiger partial charge in [-0.15, -0.1) is 12.4 Å². The molecule has 0 amide bonds. The van der Waals surface area contributed by atoms with Crippen LogP contribution < -0.4 is 14.8 Å². The normalized spacial score (nSPS) is 10.4. The van der Waals surface area contributed by atoms with Crippen LogP contribution in [0, 0.1) is 0 Å². The number of hydrogen-bond donors (Lipinski definition) is 1. The first-order valence-electron chi connectivity index (χ1n) is 6.93. The van der Waals surface area contributed by atoms with Gasteiger partial charge in [0.2, 0.25) is 0 Å². The summed E-state index contributed by atoms with van der Waals surface area (Å²) in [5, 5.41) is 3.98. The molecule has 0 atom stereocenters. The third-order valence-corrected chi connectivity index (χ3v) is 3.09. The van der Waals surface area contributed by atoms with Crippen molar-refractivity contribution in [1.82, 2.24) is 10.2 Å². The summed E-state index contributed by atoms with van der Waals surface area (Å²) in [7, 11) is 5.75. The van der Waals surface area contributed by atoms with Gasteiger partial charge in [0.15, 0.2) is 11.5 Å². The minimum absolute atomic E-state index is 0. The van der Waals surface area contributed by atoms with E-state index in [1.54, 1.807) is 7.11 Å². The summed E-state index contributed by atoms with van der Waals surface area (Å²) in [5.74, 6) is 1.32. The first-order chi connectivity index (χ1) is 9.58. The van der Waals surface area contributed by atoms with Crippen molar-refractivity contribution in [1.29, 1.82) is 0 Å². The molecule has 0 spiro atoms. The lowest BCUT2D eigenvalue weighted by atomic mass is 10.2. The monoisotopic (exact) mass is 336 g/mol. The van der Waals surface area contributed by atoms with Gasteiger partial charge in [-0.2, -0.15) is 0 Å². The Morgan fingerprint density at radius 3 is 2.57 bits per heavy atom. The van der Waals surface area contributed by atoms with Gasteiger partial charge in [-0.1, -0.05) is 18.5 Å². The van der Waals surface area contributed by atoms with Crippen LogP contribution in [-0.4, -0.2) is 45.8 Å². The van der Waals surface area contributed by atoms with Crippen LogP contribution in [0.25, 0.3) is 0 Å².